The number of aromatic nitrogens is 1. The molecule has 1 aromatic heterocycles. The summed E-state index contributed by atoms with van der Waals surface area (Å²) in [5.74, 6) is 0. The third-order valence-corrected chi connectivity index (χ3v) is 4.52. The largest absolute Gasteiger partial charge is 0.357 e. The van der Waals surface area contributed by atoms with Gasteiger partial charge in [-0.1, -0.05) is 41.4 Å². The Morgan fingerprint density at radius 3 is 2.82 bits per heavy atom. The quantitative estimate of drug-likeness (QED) is 0.659. The van der Waals surface area contributed by atoms with Crippen LogP contribution in [0.2, 0.25) is 5.02 Å². The van der Waals surface area contributed by atoms with E-state index in [0.29, 0.717) is 0 Å². The van der Waals surface area contributed by atoms with Crippen LogP contribution in [0, 0.1) is 6.92 Å². The maximum Gasteiger partial charge on any atom is 0.0732 e. The molecule has 0 radical (unpaired) electrons. The molecule has 1 unspecified atom stereocenters. The molecule has 3 aromatic rings. The lowest BCUT2D eigenvalue weighted by atomic mass is 9.94. The molecule has 1 aliphatic rings. The molecule has 0 fully saturated rings. The van der Waals surface area contributed by atoms with Gasteiger partial charge in [-0.2, -0.15) is 0 Å². The monoisotopic (exact) mass is 332 g/mol. The first kappa shape index (κ1) is 15.4. The van der Waals surface area contributed by atoms with Crippen molar-refractivity contribution in [3.8, 4) is 0 Å². The molecule has 1 atom stereocenters. The van der Waals surface area contributed by atoms with Crippen LogP contribution >= 0.6 is 24.0 Å². The van der Waals surface area contributed by atoms with Gasteiger partial charge in [0, 0.05) is 28.2 Å². The Labute approximate surface area is 141 Å². The highest BCUT2D eigenvalue weighted by Gasteiger charge is 2.25. The number of benzene rings is 2. The number of aromatic amines is 1. The second-order valence-corrected chi connectivity index (χ2v) is 6.19. The second kappa shape index (κ2) is 5.96. The van der Waals surface area contributed by atoms with Gasteiger partial charge < -0.3 is 10.3 Å². The van der Waals surface area contributed by atoms with Gasteiger partial charge >= 0.3 is 0 Å². The van der Waals surface area contributed by atoms with Crippen LogP contribution in [0.3, 0.4) is 0 Å². The molecule has 22 heavy (non-hydrogen) atoms. The van der Waals surface area contributed by atoms with Crippen LogP contribution < -0.4 is 5.32 Å². The summed E-state index contributed by atoms with van der Waals surface area (Å²) in [6.45, 7) is 3.13. The standard InChI is InChI=1S/C18H17ClN2.ClH/c1-11-3-2-4-12(9-11)17-18-14(7-8-20-17)15-10-13(19)5-6-16(15)21-18;/h2-6,9-10,17,20-21H,7-8H2,1H3;1H. The summed E-state index contributed by atoms with van der Waals surface area (Å²) in [5, 5.41) is 5.69. The smallest absolute Gasteiger partial charge is 0.0732 e. The summed E-state index contributed by atoms with van der Waals surface area (Å²) >= 11 is 6.16. The van der Waals surface area contributed by atoms with E-state index in [1.54, 1.807) is 0 Å². The van der Waals surface area contributed by atoms with Gasteiger partial charge in [0.2, 0.25) is 0 Å². The van der Waals surface area contributed by atoms with E-state index in [4.69, 9.17) is 11.6 Å². The third kappa shape index (κ3) is 2.52. The van der Waals surface area contributed by atoms with E-state index in [1.807, 2.05) is 6.07 Å². The first-order valence-electron chi connectivity index (χ1n) is 7.32. The lowest BCUT2D eigenvalue weighted by molar-refractivity contribution is 0.560. The van der Waals surface area contributed by atoms with E-state index in [0.717, 1.165) is 18.0 Å². The first-order chi connectivity index (χ1) is 10.2. The molecule has 0 saturated heterocycles. The molecule has 4 rings (SSSR count). The highest BCUT2D eigenvalue weighted by atomic mass is 35.5. The van der Waals surface area contributed by atoms with Crippen molar-refractivity contribution in [2.24, 2.45) is 0 Å². The minimum absolute atomic E-state index is 0. The maximum absolute atomic E-state index is 6.16. The van der Waals surface area contributed by atoms with Crippen molar-refractivity contribution in [3.05, 3.63) is 69.9 Å². The molecule has 2 nitrogen and oxygen atoms in total. The van der Waals surface area contributed by atoms with E-state index >= 15 is 0 Å². The number of hydrogen-bond acceptors (Lipinski definition) is 1. The SMILES string of the molecule is Cc1cccc(C2NCCc3c2[nH]c2ccc(Cl)cc32)c1.Cl. The normalized spacial score (nSPS) is 17.1. The predicted molar refractivity (Wildman–Crippen MR) is 95.3 cm³/mol. The number of H-pyrrole nitrogens is 1. The van der Waals surface area contributed by atoms with Crippen molar-refractivity contribution in [1.82, 2.24) is 10.3 Å². The summed E-state index contributed by atoms with van der Waals surface area (Å²) in [7, 11) is 0. The highest BCUT2D eigenvalue weighted by Crippen LogP contribution is 2.34. The van der Waals surface area contributed by atoms with Gasteiger partial charge in [0.15, 0.2) is 0 Å². The summed E-state index contributed by atoms with van der Waals surface area (Å²) in [6, 6.07) is 15.0. The fourth-order valence-electron chi connectivity index (χ4n) is 3.33. The van der Waals surface area contributed by atoms with Gasteiger partial charge in [0.1, 0.15) is 0 Å². The molecule has 0 aliphatic carbocycles. The fraction of sp³-hybridized carbons (Fsp3) is 0.222. The molecular formula is C18H18Cl2N2. The molecular weight excluding hydrogens is 315 g/mol. The summed E-state index contributed by atoms with van der Waals surface area (Å²) in [5.41, 5.74) is 6.46. The number of aryl methyl sites for hydroxylation is 1. The van der Waals surface area contributed by atoms with Crippen LogP contribution in [0.1, 0.15) is 28.4 Å². The fourth-order valence-corrected chi connectivity index (χ4v) is 3.51. The van der Waals surface area contributed by atoms with E-state index < -0.39 is 0 Å². The average Bonchev–Trinajstić information content (AvgIpc) is 2.85. The average molecular weight is 333 g/mol. The van der Waals surface area contributed by atoms with Crippen LogP contribution in [-0.2, 0) is 6.42 Å². The zero-order chi connectivity index (χ0) is 14.4. The van der Waals surface area contributed by atoms with Gasteiger partial charge in [-0.25, -0.2) is 0 Å². The molecule has 4 heteroatoms. The Kier molecular flexibility index (Phi) is 4.18. The Bertz CT molecular complexity index is 823. The van der Waals surface area contributed by atoms with Gasteiger partial charge in [-0.3, -0.25) is 0 Å². The van der Waals surface area contributed by atoms with Crippen LogP contribution in [0.25, 0.3) is 10.9 Å². The van der Waals surface area contributed by atoms with Crippen molar-refractivity contribution < 1.29 is 0 Å². The molecule has 2 heterocycles. The van der Waals surface area contributed by atoms with Crippen molar-refractivity contribution in [3.63, 3.8) is 0 Å². The van der Waals surface area contributed by atoms with Gasteiger partial charge in [0.25, 0.3) is 0 Å². The summed E-state index contributed by atoms with van der Waals surface area (Å²) in [4.78, 5) is 3.59. The topological polar surface area (TPSA) is 27.8 Å². The minimum atomic E-state index is 0. The third-order valence-electron chi connectivity index (χ3n) is 4.29. The van der Waals surface area contributed by atoms with Crippen molar-refractivity contribution in [2.45, 2.75) is 19.4 Å². The number of nitrogens with one attached hydrogen (secondary N) is 2. The van der Waals surface area contributed by atoms with E-state index in [9.17, 15) is 0 Å². The number of rotatable bonds is 1. The molecule has 0 spiro atoms. The van der Waals surface area contributed by atoms with Gasteiger partial charge in [0.05, 0.1) is 6.04 Å². The number of fused-ring (bicyclic) bond motifs is 3. The predicted octanol–water partition coefficient (Wildman–Crippen LogP) is 4.79. The zero-order valence-corrected chi connectivity index (χ0v) is 13.9. The molecule has 2 N–H and O–H groups in total. The number of halogens is 2. The van der Waals surface area contributed by atoms with Crippen molar-refractivity contribution in [1.29, 1.82) is 0 Å². The zero-order valence-electron chi connectivity index (χ0n) is 12.3. The molecule has 1 aliphatic heterocycles. The number of hydrogen-bond donors (Lipinski definition) is 2. The molecule has 0 amide bonds. The Hall–Kier alpha value is -1.48. The van der Waals surface area contributed by atoms with Crippen LogP contribution in [0.5, 0.6) is 0 Å². The molecule has 114 valence electrons. The Morgan fingerprint density at radius 1 is 1.14 bits per heavy atom. The maximum atomic E-state index is 6.16. The molecule has 0 saturated carbocycles. The van der Waals surface area contributed by atoms with E-state index in [1.165, 1.54) is 33.3 Å². The van der Waals surface area contributed by atoms with Gasteiger partial charge in [-0.05, 0) is 42.7 Å². The molecule has 0 bridgehead atoms. The van der Waals surface area contributed by atoms with Crippen LogP contribution in [0.4, 0.5) is 0 Å². The summed E-state index contributed by atoms with van der Waals surface area (Å²) in [6.07, 6.45) is 1.04. The second-order valence-electron chi connectivity index (χ2n) is 5.76. The van der Waals surface area contributed by atoms with Crippen LogP contribution in [-0.4, -0.2) is 11.5 Å². The van der Waals surface area contributed by atoms with Crippen LogP contribution in [0.15, 0.2) is 42.5 Å². The first-order valence-corrected chi connectivity index (χ1v) is 7.70. The van der Waals surface area contributed by atoms with E-state index in [2.05, 4.69) is 53.6 Å². The summed E-state index contributed by atoms with van der Waals surface area (Å²) < 4.78 is 0. The minimum Gasteiger partial charge on any atom is -0.357 e. The Morgan fingerprint density at radius 2 is 2.00 bits per heavy atom. The lowest BCUT2D eigenvalue weighted by Gasteiger charge is -2.25. The van der Waals surface area contributed by atoms with Gasteiger partial charge in [-0.15, -0.1) is 12.4 Å². The lowest BCUT2D eigenvalue weighted by Crippen LogP contribution is -2.30. The molecule has 2 aromatic carbocycles. The van der Waals surface area contributed by atoms with Crippen molar-refractivity contribution in [2.75, 3.05) is 6.54 Å². The van der Waals surface area contributed by atoms with E-state index in [-0.39, 0.29) is 18.4 Å². The van der Waals surface area contributed by atoms with Crippen molar-refractivity contribution >= 4 is 34.9 Å². The highest BCUT2D eigenvalue weighted by molar-refractivity contribution is 6.31. The Balaban J connectivity index is 0.00000144.